The monoisotopic (exact) mass is 554 g/mol. The number of carbonyl (C=O) groups is 2. The van der Waals surface area contributed by atoms with Gasteiger partial charge in [-0.1, -0.05) is 6.07 Å². The lowest BCUT2D eigenvalue weighted by molar-refractivity contribution is -0.207. The number of aromatic amines is 1. The molecule has 11 nitrogen and oxygen atoms in total. The van der Waals surface area contributed by atoms with Crippen LogP contribution in [-0.4, -0.2) is 69.7 Å². The van der Waals surface area contributed by atoms with Crippen molar-refractivity contribution in [3.05, 3.63) is 59.4 Å². The fourth-order valence-electron chi connectivity index (χ4n) is 6.03. The lowest BCUT2D eigenvalue weighted by atomic mass is 9.85. The molecule has 14 heteroatoms. The van der Waals surface area contributed by atoms with Crippen molar-refractivity contribution in [3.8, 4) is 11.1 Å². The van der Waals surface area contributed by atoms with Gasteiger partial charge in [-0.3, -0.25) is 19.7 Å². The van der Waals surface area contributed by atoms with E-state index >= 15 is 0 Å². The van der Waals surface area contributed by atoms with Gasteiger partial charge in [0.1, 0.15) is 11.5 Å². The average Bonchev–Trinajstić information content (AvgIpc) is 3.65. The standard InChI is InChI=1S/C26H25F3N8O3/c1-12(38)20-21(14-8-15-3-4-16(9-14)36(15)25(40)19-6-7-32-35-19)34-24-17(11-33-37(24)23(20)30)13-2-5-18(31-10-13)22(39)26(27,28)29/h2,5-7,10-11,14-16,22,39H,3-4,8-9,30H2,1H3,(H,32,35)/t14?,15-,16+,22?. The van der Waals surface area contributed by atoms with Crippen LogP contribution in [0.1, 0.15) is 76.9 Å². The molecule has 4 aromatic rings. The Labute approximate surface area is 225 Å². The van der Waals surface area contributed by atoms with Gasteiger partial charge in [0.2, 0.25) is 0 Å². The molecule has 6 heterocycles. The fraction of sp³-hybridized carbons (Fsp3) is 0.385. The summed E-state index contributed by atoms with van der Waals surface area (Å²) in [5, 5.41) is 20.5. The summed E-state index contributed by atoms with van der Waals surface area (Å²) in [7, 11) is 0. The van der Waals surface area contributed by atoms with Crippen LogP contribution < -0.4 is 5.73 Å². The number of hydrogen-bond donors (Lipinski definition) is 3. The first kappa shape index (κ1) is 25.9. The summed E-state index contributed by atoms with van der Waals surface area (Å²) in [5.74, 6) is -0.449. The molecule has 0 aliphatic carbocycles. The van der Waals surface area contributed by atoms with Crippen LogP contribution in [0.3, 0.4) is 0 Å². The molecule has 0 aromatic carbocycles. The van der Waals surface area contributed by atoms with Crippen LogP contribution in [0.5, 0.6) is 0 Å². The van der Waals surface area contributed by atoms with Crippen molar-refractivity contribution in [3.63, 3.8) is 0 Å². The number of anilines is 1. The maximum Gasteiger partial charge on any atom is 0.420 e. The van der Waals surface area contributed by atoms with Gasteiger partial charge < -0.3 is 15.7 Å². The number of aliphatic hydroxyl groups is 1. The van der Waals surface area contributed by atoms with Gasteiger partial charge in [0.05, 0.1) is 23.1 Å². The van der Waals surface area contributed by atoms with Crippen LogP contribution in [0.15, 0.2) is 36.8 Å². The highest BCUT2D eigenvalue weighted by Gasteiger charge is 2.45. The molecule has 4 aromatic heterocycles. The largest absolute Gasteiger partial charge is 0.420 e. The molecule has 0 spiro atoms. The number of alkyl halides is 3. The average molecular weight is 555 g/mol. The Balaban J connectivity index is 1.37. The van der Waals surface area contributed by atoms with E-state index in [-0.39, 0.29) is 41.1 Å². The zero-order chi connectivity index (χ0) is 28.3. The van der Waals surface area contributed by atoms with Gasteiger partial charge in [-0.05, 0) is 44.7 Å². The van der Waals surface area contributed by atoms with E-state index in [2.05, 4.69) is 20.3 Å². The van der Waals surface area contributed by atoms with Crippen molar-refractivity contribution in [2.75, 3.05) is 5.73 Å². The normalized spacial score (nSPS) is 21.6. The fourth-order valence-corrected chi connectivity index (χ4v) is 6.03. The molecule has 0 radical (unpaired) electrons. The highest BCUT2D eigenvalue weighted by Crippen LogP contribution is 2.45. The smallest absolute Gasteiger partial charge is 0.383 e. The lowest BCUT2D eigenvalue weighted by Crippen LogP contribution is -2.46. The summed E-state index contributed by atoms with van der Waals surface area (Å²) in [6, 6.07) is 4.03. The number of nitrogens with two attached hydrogens (primary N) is 1. The molecule has 4 N–H and O–H groups in total. The minimum absolute atomic E-state index is 0.0480. The minimum Gasteiger partial charge on any atom is -0.383 e. The van der Waals surface area contributed by atoms with E-state index in [4.69, 9.17) is 10.7 Å². The molecule has 208 valence electrons. The van der Waals surface area contributed by atoms with Crippen molar-refractivity contribution in [1.82, 2.24) is 34.7 Å². The Kier molecular flexibility index (Phi) is 6.09. The topological polar surface area (TPSA) is 155 Å². The van der Waals surface area contributed by atoms with Gasteiger partial charge in [-0.15, -0.1) is 0 Å². The predicted molar refractivity (Wildman–Crippen MR) is 135 cm³/mol. The summed E-state index contributed by atoms with van der Waals surface area (Å²) in [6.45, 7) is 1.41. The molecule has 6 rings (SSSR count). The van der Waals surface area contributed by atoms with Gasteiger partial charge in [-0.25, -0.2) is 4.98 Å². The SMILES string of the molecule is CC(=O)c1c(C2C[C@H]3CC[C@@H](C2)N3C(=O)c2cc[nH]n2)nc2c(-c3ccc(C(O)C(F)(F)F)nc3)cnn2c1N. The number of ketones is 1. The highest BCUT2D eigenvalue weighted by atomic mass is 19.4. The molecule has 2 unspecified atom stereocenters. The van der Waals surface area contributed by atoms with E-state index in [0.29, 0.717) is 41.0 Å². The zero-order valence-electron chi connectivity index (χ0n) is 21.3. The number of nitrogens with one attached hydrogen (secondary N) is 1. The van der Waals surface area contributed by atoms with Crippen LogP contribution in [0.4, 0.5) is 19.0 Å². The number of pyridine rings is 1. The number of carbonyl (C=O) groups excluding carboxylic acids is 2. The molecular weight excluding hydrogens is 529 g/mol. The second-order valence-corrected chi connectivity index (χ2v) is 10.2. The molecule has 4 atom stereocenters. The Morgan fingerprint density at radius 3 is 2.45 bits per heavy atom. The molecule has 2 aliphatic rings. The third-order valence-corrected chi connectivity index (χ3v) is 7.82. The summed E-state index contributed by atoms with van der Waals surface area (Å²) < 4.78 is 40.0. The van der Waals surface area contributed by atoms with Gasteiger partial charge in [0.15, 0.2) is 17.5 Å². The summed E-state index contributed by atoms with van der Waals surface area (Å²) in [6.07, 6.45) is -0.456. The molecule has 2 bridgehead atoms. The number of amides is 1. The first-order valence-corrected chi connectivity index (χ1v) is 12.8. The van der Waals surface area contributed by atoms with Crippen LogP contribution in [0.25, 0.3) is 16.8 Å². The Bertz CT molecular complexity index is 1590. The third-order valence-electron chi connectivity index (χ3n) is 7.82. The van der Waals surface area contributed by atoms with Crippen LogP contribution in [0, 0.1) is 0 Å². The van der Waals surface area contributed by atoms with E-state index in [9.17, 15) is 27.9 Å². The number of H-pyrrole nitrogens is 1. The predicted octanol–water partition coefficient (Wildman–Crippen LogP) is 3.45. The third kappa shape index (κ3) is 4.18. The quantitative estimate of drug-likeness (QED) is 0.317. The molecule has 2 aliphatic heterocycles. The number of Topliss-reactive ketones (excluding diaryl/α,β-unsaturated/α-hetero) is 1. The Hall–Kier alpha value is -4.33. The van der Waals surface area contributed by atoms with Crippen molar-refractivity contribution in [2.24, 2.45) is 0 Å². The second kappa shape index (κ2) is 9.40. The Morgan fingerprint density at radius 1 is 1.15 bits per heavy atom. The number of nitrogen functional groups attached to an aromatic ring is 1. The maximum absolute atomic E-state index is 13.1. The van der Waals surface area contributed by atoms with Crippen molar-refractivity contribution < 1.29 is 27.9 Å². The van der Waals surface area contributed by atoms with Gasteiger partial charge in [0, 0.05) is 41.5 Å². The second-order valence-electron chi connectivity index (χ2n) is 10.2. The van der Waals surface area contributed by atoms with Crippen LogP contribution >= 0.6 is 0 Å². The van der Waals surface area contributed by atoms with Gasteiger partial charge in [0.25, 0.3) is 5.91 Å². The summed E-state index contributed by atoms with van der Waals surface area (Å²) >= 11 is 0. The first-order valence-electron chi connectivity index (χ1n) is 12.8. The van der Waals surface area contributed by atoms with Gasteiger partial charge >= 0.3 is 6.18 Å². The number of aliphatic hydroxyl groups excluding tert-OH is 1. The number of piperidine rings is 1. The number of halogens is 3. The van der Waals surface area contributed by atoms with E-state index in [1.165, 1.54) is 29.9 Å². The maximum atomic E-state index is 13.1. The zero-order valence-corrected chi connectivity index (χ0v) is 21.3. The molecule has 1 amide bonds. The van der Waals surface area contributed by atoms with E-state index in [0.717, 1.165) is 18.9 Å². The summed E-state index contributed by atoms with van der Waals surface area (Å²) in [4.78, 5) is 36.4. The van der Waals surface area contributed by atoms with Crippen molar-refractivity contribution >= 4 is 23.2 Å². The van der Waals surface area contributed by atoms with Gasteiger partial charge in [-0.2, -0.15) is 27.9 Å². The van der Waals surface area contributed by atoms with E-state index < -0.39 is 18.0 Å². The molecule has 0 saturated carbocycles. The molecule has 2 saturated heterocycles. The first-order chi connectivity index (χ1) is 19.0. The van der Waals surface area contributed by atoms with E-state index in [1.807, 2.05) is 4.90 Å². The molecule has 40 heavy (non-hydrogen) atoms. The Morgan fingerprint density at radius 2 is 1.88 bits per heavy atom. The molecule has 2 fully saturated rings. The molecular formula is C26H25F3N8O3. The number of aromatic nitrogens is 6. The van der Waals surface area contributed by atoms with Crippen molar-refractivity contribution in [2.45, 2.75) is 62.9 Å². The number of fused-ring (bicyclic) bond motifs is 3. The van der Waals surface area contributed by atoms with Crippen LogP contribution in [0.2, 0.25) is 0 Å². The number of rotatable bonds is 5. The number of hydrogen-bond acceptors (Lipinski definition) is 8. The lowest BCUT2D eigenvalue weighted by Gasteiger charge is -2.39. The number of nitrogens with zero attached hydrogens (tertiary/aromatic N) is 6. The summed E-state index contributed by atoms with van der Waals surface area (Å²) in [5.41, 5.74) is 8.24. The minimum atomic E-state index is -4.84. The van der Waals surface area contributed by atoms with E-state index in [1.54, 1.807) is 12.3 Å². The van der Waals surface area contributed by atoms with Crippen molar-refractivity contribution in [1.29, 1.82) is 0 Å². The van der Waals surface area contributed by atoms with Crippen LogP contribution in [-0.2, 0) is 0 Å². The highest BCUT2D eigenvalue weighted by molar-refractivity contribution is 6.00.